The summed E-state index contributed by atoms with van der Waals surface area (Å²) in [6, 6.07) is 0. The van der Waals surface area contributed by atoms with Crippen LogP contribution in [0.15, 0.2) is 97.2 Å². The fourth-order valence-electron chi connectivity index (χ4n) is 6.54. The van der Waals surface area contributed by atoms with Crippen molar-refractivity contribution >= 4 is 25.7 Å². The predicted octanol–water partition coefficient (Wildman–Crippen LogP) is 14.9. The molecule has 0 rings (SSSR count). The van der Waals surface area contributed by atoms with Gasteiger partial charge in [0.15, 0.2) is 6.10 Å². The summed E-state index contributed by atoms with van der Waals surface area (Å²) in [6.45, 7) is 4.25. The number of allylic oxidation sites excluding steroid dienone is 16. The summed E-state index contributed by atoms with van der Waals surface area (Å²) < 4.78 is 39.3. The Balaban J connectivity index is 4.83. The number of hydrogen-bond donors (Lipinski definition) is 2. The number of carbonyl (C=O) groups is 3. The van der Waals surface area contributed by atoms with Crippen molar-refractivity contribution in [2.45, 2.75) is 213 Å². The summed E-state index contributed by atoms with van der Waals surface area (Å²) in [5.74, 6) is -1.54. The third-order valence-electron chi connectivity index (χ3n) is 10.5. The molecule has 2 N–H and O–H groups in total. The standard InChI is InChI=1S/C56H93O11P/c1-4-7-10-13-16-19-22-25-26-29-32-35-38-41-44-47-56(60)67-53(49-63-54(58)45-42-39-36-33-30-27-23-20-17-14-11-8-5-2)51-65-68(61,62)64-50-52(48-57)66-55(59)46-43-40-37-34-31-28-24-21-18-15-12-9-6-3/h7,9-12,14,16,18-21,23,25-26,28,31,52-53,57H,4-6,8,13,15,17,22,24,27,29-30,32-51H2,1-3H3,(H,61,62)/b10-7-,12-9-,14-11-,19-16-,21-18-,23-20-,26-25-,31-28-. The fourth-order valence-corrected chi connectivity index (χ4v) is 7.32. The van der Waals surface area contributed by atoms with Gasteiger partial charge in [-0.2, -0.15) is 0 Å². The molecule has 0 aromatic carbocycles. The van der Waals surface area contributed by atoms with Crippen LogP contribution >= 0.6 is 7.82 Å². The average Bonchev–Trinajstić information content (AvgIpc) is 3.32. The number of phosphoric ester groups is 1. The predicted molar refractivity (Wildman–Crippen MR) is 279 cm³/mol. The first kappa shape index (κ1) is 64.4. The zero-order valence-electron chi connectivity index (χ0n) is 42.5. The van der Waals surface area contributed by atoms with Crippen LogP contribution in [0.25, 0.3) is 0 Å². The highest BCUT2D eigenvalue weighted by Gasteiger charge is 2.28. The molecule has 0 aromatic heterocycles. The molecule has 3 unspecified atom stereocenters. The van der Waals surface area contributed by atoms with Gasteiger partial charge in [-0.05, 0) is 109 Å². The van der Waals surface area contributed by atoms with Gasteiger partial charge in [-0.1, -0.05) is 169 Å². The lowest BCUT2D eigenvalue weighted by Gasteiger charge is -2.21. The van der Waals surface area contributed by atoms with E-state index in [2.05, 4.69) is 118 Å². The van der Waals surface area contributed by atoms with Crippen LogP contribution in [0.4, 0.5) is 0 Å². The maximum absolute atomic E-state index is 12.8. The second kappa shape index (κ2) is 49.8. The minimum absolute atomic E-state index is 0.135. The molecular weight excluding hydrogens is 880 g/mol. The average molecular weight is 973 g/mol. The molecule has 11 nitrogen and oxygen atoms in total. The lowest BCUT2D eigenvalue weighted by Crippen LogP contribution is -2.30. The first-order valence-corrected chi connectivity index (χ1v) is 27.6. The molecule has 0 heterocycles. The number of aliphatic hydroxyl groups is 1. The monoisotopic (exact) mass is 973 g/mol. The zero-order chi connectivity index (χ0) is 49.9. The highest BCUT2D eigenvalue weighted by atomic mass is 31.2. The Bertz CT molecular complexity index is 1510. The van der Waals surface area contributed by atoms with Gasteiger partial charge in [0.2, 0.25) is 0 Å². The van der Waals surface area contributed by atoms with Crippen LogP contribution in [-0.4, -0.2) is 66.5 Å². The van der Waals surface area contributed by atoms with Crippen molar-refractivity contribution in [1.82, 2.24) is 0 Å². The second-order valence-electron chi connectivity index (χ2n) is 16.9. The summed E-state index contributed by atoms with van der Waals surface area (Å²) >= 11 is 0. The summed E-state index contributed by atoms with van der Waals surface area (Å²) in [5.41, 5.74) is 0. The minimum Gasteiger partial charge on any atom is -0.462 e. The molecular formula is C56H93O11P. The van der Waals surface area contributed by atoms with Crippen LogP contribution < -0.4 is 0 Å². The topological polar surface area (TPSA) is 155 Å². The highest BCUT2D eigenvalue weighted by molar-refractivity contribution is 7.47. The van der Waals surface area contributed by atoms with Crippen LogP contribution in [0.1, 0.15) is 201 Å². The van der Waals surface area contributed by atoms with Crippen LogP contribution in [0.5, 0.6) is 0 Å². The Labute approximate surface area is 412 Å². The van der Waals surface area contributed by atoms with Crippen molar-refractivity contribution in [1.29, 1.82) is 0 Å². The van der Waals surface area contributed by atoms with E-state index < -0.39 is 57.8 Å². The molecule has 0 aliphatic heterocycles. The number of carbonyl (C=O) groups excluding carboxylic acids is 3. The van der Waals surface area contributed by atoms with Crippen molar-refractivity contribution in [3.63, 3.8) is 0 Å². The van der Waals surface area contributed by atoms with Crippen LogP contribution in [0, 0.1) is 0 Å². The van der Waals surface area contributed by atoms with Crippen molar-refractivity contribution in [2.75, 3.05) is 26.4 Å². The Kier molecular flexibility index (Phi) is 47.2. The maximum Gasteiger partial charge on any atom is 0.472 e. The third kappa shape index (κ3) is 47.5. The molecule has 0 radical (unpaired) electrons. The zero-order valence-corrected chi connectivity index (χ0v) is 43.4. The van der Waals surface area contributed by atoms with Crippen molar-refractivity contribution in [3.8, 4) is 0 Å². The van der Waals surface area contributed by atoms with Crippen molar-refractivity contribution < 1.29 is 52.2 Å². The van der Waals surface area contributed by atoms with E-state index in [1.54, 1.807) is 0 Å². The summed E-state index contributed by atoms with van der Waals surface area (Å²) in [5, 5.41) is 9.77. The summed E-state index contributed by atoms with van der Waals surface area (Å²) in [4.78, 5) is 48.3. The first-order chi connectivity index (χ1) is 33.2. The fraction of sp³-hybridized carbons (Fsp3) is 0.661. The van der Waals surface area contributed by atoms with E-state index in [1.165, 1.54) is 0 Å². The molecule has 388 valence electrons. The number of rotatable bonds is 47. The quantitative estimate of drug-likeness (QED) is 0.0197. The molecule has 0 aliphatic carbocycles. The van der Waals surface area contributed by atoms with Crippen molar-refractivity contribution in [3.05, 3.63) is 97.2 Å². The van der Waals surface area contributed by atoms with E-state index in [0.717, 1.165) is 141 Å². The third-order valence-corrected chi connectivity index (χ3v) is 11.4. The van der Waals surface area contributed by atoms with Crippen LogP contribution in [0.3, 0.4) is 0 Å². The van der Waals surface area contributed by atoms with Gasteiger partial charge in [0.25, 0.3) is 0 Å². The van der Waals surface area contributed by atoms with Crippen molar-refractivity contribution in [2.24, 2.45) is 0 Å². The van der Waals surface area contributed by atoms with E-state index in [1.807, 2.05) is 0 Å². The molecule has 0 fully saturated rings. The highest BCUT2D eigenvalue weighted by Crippen LogP contribution is 2.43. The molecule has 0 bridgehead atoms. The molecule has 0 saturated carbocycles. The van der Waals surface area contributed by atoms with Gasteiger partial charge in [0, 0.05) is 19.3 Å². The summed E-state index contributed by atoms with van der Waals surface area (Å²) in [7, 11) is -4.76. The van der Waals surface area contributed by atoms with Gasteiger partial charge >= 0.3 is 25.7 Å². The number of hydrogen-bond acceptors (Lipinski definition) is 10. The Hall–Kier alpha value is -3.60. The molecule has 0 spiro atoms. The Morgan fingerprint density at radius 2 is 0.765 bits per heavy atom. The lowest BCUT2D eigenvalue weighted by molar-refractivity contribution is -0.161. The Morgan fingerprint density at radius 1 is 0.426 bits per heavy atom. The van der Waals surface area contributed by atoms with E-state index in [-0.39, 0.29) is 25.9 Å². The van der Waals surface area contributed by atoms with E-state index in [0.29, 0.717) is 19.3 Å². The Morgan fingerprint density at radius 3 is 1.19 bits per heavy atom. The van der Waals surface area contributed by atoms with Gasteiger partial charge in [0.1, 0.15) is 12.7 Å². The van der Waals surface area contributed by atoms with Gasteiger partial charge in [-0.25, -0.2) is 4.57 Å². The SMILES string of the molecule is CC/C=C\C/C=C\C/C=C\CCCCCCCC(=O)OC(COC(=O)CCCCCCC/C=C\C/C=C\CCC)COP(=O)(O)OCC(CO)OC(=O)CCCCC/C=C\C/C=C\C/C=C\CC. The number of phosphoric acid groups is 1. The lowest BCUT2D eigenvalue weighted by atomic mass is 10.1. The largest absolute Gasteiger partial charge is 0.472 e. The van der Waals surface area contributed by atoms with E-state index in [4.69, 9.17) is 23.3 Å². The molecule has 12 heteroatoms. The molecule has 0 amide bonds. The second-order valence-corrected chi connectivity index (χ2v) is 18.4. The normalized spacial score (nSPS) is 14.2. The molecule has 68 heavy (non-hydrogen) atoms. The van der Waals surface area contributed by atoms with E-state index >= 15 is 0 Å². The molecule has 0 aromatic rings. The van der Waals surface area contributed by atoms with Crippen LogP contribution in [0.2, 0.25) is 0 Å². The van der Waals surface area contributed by atoms with Gasteiger partial charge < -0.3 is 24.2 Å². The molecule has 0 aliphatic rings. The number of aliphatic hydroxyl groups excluding tert-OH is 1. The number of ether oxygens (including phenoxy) is 3. The summed E-state index contributed by atoms with van der Waals surface area (Å²) in [6.07, 6.45) is 56.6. The maximum atomic E-state index is 12.8. The van der Waals surface area contributed by atoms with Gasteiger partial charge in [-0.3, -0.25) is 23.4 Å². The van der Waals surface area contributed by atoms with E-state index in [9.17, 15) is 28.9 Å². The smallest absolute Gasteiger partial charge is 0.462 e. The molecule has 0 saturated heterocycles. The first-order valence-electron chi connectivity index (χ1n) is 26.1. The minimum atomic E-state index is -4.76. The number of unbranched alkanes of at least 4 members (excludes halogenated alkanes) is 14. The van der Waals surface area contributed by atoms with Gasteiger partial charge in [-0.15, -0.1) is 0 Å². The van der Waals surface area contributed by atoms with Crippen LogP contribution in [-0.2, 0) is 42.2 Å². The van der Waals surface area contributed by atoms with Gasteiger partial charge in [0.05, 0.1) is 19.8 Å². The number of esters is 3. The molecule has 3 atom stereocenters.